The van der Waals surface area contributed by atoms with Gasteiger partial charge in [-0.15, -0.1) is 0 Å². The Kier molecular flexibility index (Phi) is 5.62. The average molecular weight is 350 g/mol. The molecule has 104 valence electrons. The van der Waals surface area contributed by atoms with Gasteiger partial charge in [-0.1, -0.05) is 27.5 Å². The number of benzene rings is 1. The van der Waals surface area contributed by atoms with Crippen LogP contribution in [0.2, 0.25) is 5.02 Å². The van der Waals surface area contributed by atoms with Gasteiger partial charge < -0.3 is 15.7 Å². The van der Waals surface area contributed by atoms with Gasteiger partial charge in [-0.25, -0.2) is 4.79 Å². The number of nitrogens with one attached hydrogen (secondary N) is 2. The van der Waals surface area contributed by atoms with E-state index in [1.54, 1.807) is 25.1 Å². The van der Waals surface area contributed by atoms with Crippen LogP contribution in [0.25, 0.3) is 0 Å². The molecule has 1 aromatic carbocycles. The van der Waals surface area contributed by atoms with E-state index >= 15 is 0 Å². The zero-order chi connectivity index (χ0) is 14.6. The largest absolute Gasteiger partial charge is 0.481 e. The van der Waals surface area contributed by atoms with Crippen molar-refractivity contribution in [3.05, 3.63) is 27.7 Å². The topological polar surface area (TPSA) is 78.4 Å². The summed E-state index contributed by atoms with van der Waals surface area (Å²) in [5.74, 6) is -1.64. The molecule has 0 aromatic heterocycles. The van der Waals surface area contributed by atoms with Crippen LogP contribution in [0.4, 0.5) is 10.5 Å². The van der Waals surface area contributed by atoms with Gasteiger partial charge in [0.2, 0.25) is 0 Å². The molecule has 5 nitrogen and oxygen atoms in total. The molecule has 0 aliphatic carbocycles. The minimum absolute atomic E-state index is 0.392. The van der Waals surface area contributed by atoms with Crippen molar-refractivity contribution >= 4 is 45.2 Å². The van der Waals surface area contributed by atoms with Crippen LogP contribution < -0.4 is 10.6 Å². The first-order valence-electron chi connectivity index (χ1n) is 5.56. The summed E-state index contributed by atoms with van der Waals surface area (Å²) in [6, 6.07) is 4.05. The van der Waals surface area contributed by atoms with Gasteiger partial charge in [0.25, 0.3) is 0 Å². The number of aliphatic carboxylic acids is 1. The lowest BCUT2D eigenvalue weighted by Crippen LogP contribution is -2.42. The molecule has 2 atom stereocenters. The number of halogens is 2. The Morgan fingerprint density at radius 2 is 2.00 bits per heavy atom. The molecule has 3 N–H and O–H groups in total. The Morgan fingerprint density at radius 1 is 1.37 bits per heavy atom. The SMILES string of the molecule is CC(NC(=O)Nc1ccc(Br)cc1Cl)C(C)C(=O)O. The Morgan fingerprint density at radius 3 is 2.53 bits per heavy atom. The highest BCUT2D eigenvalue weighted by molar-refractivity contribution is 9.10. The number of carbonyl (C=O) groups excluding carboxylic acids is 1. The van der Waals surface area contributed by atoms with Crippen LogP contribution in [-0.4, -0.2) is 23.1 Å². The molecular formula is C12H14BrClN2O3. The highest BCUT2D eigenvalue weighted by Gasteiger charge is 2.21. The van der Waals surface area contributed by atoms with E-state index in [2.05, 4.69) is 26.6 Å². The fraction of sp³-hybridized carbons (Fsp3) is 0.333. The average Bonchev–Trinajstić information content (AvgIpc) is 2.31. The lowest BCUT2D eigenvalue weighted by molar-refractivity contribution is -0.141. The third-order valence-electron chi connectivity index (χ3n) is 2.68. The predicted octanol–water partition coefficient (Wildman–Crippen LogP) is 3.33. The lowest BCUT2D eigenvalue weighted by atomic mass is 10.0. The quantitative estimate of drug-likeness (QED) is 0.780. The molecule has 0 fully saturated rings. The molecule has 0 radical (unpaired) electrons. The Labute approximate surface area is 124 Å². The van der Waals surface area contributed by atoms with Gasteiger partial charge in [0.1, 0.15) is 0 Å². The Balaban J connectivity index is 2.63. The number of carboxylic acids is 1. The van der Waals surface area contributed by atoms with Crippen molar-refractivity contribution in [1.82, 2.24) is 5.32 Å². The van der Waals surface area contributed by atoms with E-state index in [0.29, 0.717) is 10.7 Å². The Hall–Kier alpha value is -1.27. The van der Waals surface area contributed by atoms with Gasteiger partial charge in [0.05, 0.1) is 16.6 Å². The van der Waals surface area contributed by atoms with Crippen LogP contribution in [0.3, 0.4) is 0 Å². The van der Waals surface area contributed by atoms with Crippen LogP contribution in [0.5, 0.6) is 0 Å². The first-order chi connectivity index (χ1) is 8.81. The second-order valence-corrected chi connectivity index (χ2v) is 5.46. The van der Waals surface area contributed by atoms with Crippen LogP contribution in [0, 0.1) is 5.92 Å². The summed E-state index contributed by atoms with van der Waals surface area (Å²) < 4.78 is 0.802. The number of carbonyl (C=O) groups is 2. The van der Waals surface area contributed by atoms with Crippen molar-refractivity contribution in [2.45, 2.75) is 19.9 Å². The van der Waals surface area contributed by atoms with E-state index in [1.807, 2.05) is 0 Å². The van der Waals surface area contributed by atoms with Crippen molar-refractivity contribution in [3.63, 3.8) is 0 Å². The van der Waals surface area contributed by atoms with Gasteiger partial charge in [-0.2, -0.15) is 0 Å². The monoisotopic (exact) mass is 348 g/mol. The molecule has 0 spiro atoms. The summed E-state index contributed by atoms with van der Waals surface area (Å²) in [6.45, 7) is 3.15. The third kappa shape index (κ3) is 4.72. The summed E-state index contributed by atoms with van der Waals surface area (Å²) in [6.07, 6.45) is 0. The second kappa shape index (κ2) is 6.77. The molecule has 1 rings (SSSR count). The van der Waals surface area contributed by atoms with Gasteiger partial charge in [0, 0.05) is 10.5 Å². The molecular weight excluding hydrogens is 336 g/mol. The van der Waals surface area contributed by atoms with Crippen molar-refractivity contribution in [3.8, 4) is 0 Å². The maximum Gasteiger partial charge on any atom is 0.319 e. The zero-order valence-electron chi connectivity index (χ0n) is 10.4. The zero-order valence-corrected chi connectivity index (χ0v) is 12.7. The molecule has 1 aromatic rings. The number of amides is 2. The minimum atomic E-state index is -0.963. The first kappa shape index (κ1) is 15.8. The Bertz CT molecular complexity index is 496. The normalized spacial score (nSPS) is 13.5. The van der Waals surface area contributed by atoms with Crippen molar-refractivity contribution in [2.75, 3.05) is 5.32 Å². The molecule has 0 aliphatic rings. The highest BCUT2D eigenvalue weighted by atomic mass is 79.9. The van der Waals surface area contributed by atoms with E-state index < -0.39 is 24.0 Å². The molecule has 0 bridgehead atoms. The molecule has 7 heteroatoms. The minimum Gasteiger partial charge on any atom is -0.481 e. The maximum atomic E-state index is 11.7. The third-order valence-corrected chi connectivity index (χ3v) is 3.48. The van der Waals surface area contributed by atoms with Crippen LogP contribution in [0.1, 0.15) is 13.8 Å². The van der Waals surface area contributed by atoms with Gasteiger partial charge in [0.15, 0.2) is 0 Å². The van der Waals surface area contributed by atoms with Crippen LogP contribution >= 0.6 is 27.5 Å². The molecule has 2 unspecified atom stereocenters. The van der Waals surface area contributed by atoms with Crippen molar-refractivity contribution < 1.29 is 14.7 Å². The summed E-state index contributed by atoms with van der Waals surface area (Å²) in [5.41, 5.74) is 0.456. The van der Waals surface area contributed by atoms with E-state index in [0.717, 1.165) is 4.47 Å². The smallest absolute Gasteiger partial charge is 0.319 e. The van der Waals surface area contributed by atoms with Crippen LogP contribution in [0.15, 0.2) is 22.7 Å². The molecule has 0 saturated carbocycles. The first-order valence-corrected chi connectivity index (χ1v) is 6.73. The summed E-state index contributed by atoms with van der Waals surface area (Å²) in [7, 11) is 0. The summed E-state index contributed by atoms with van der Waals surface area (Å²) in [4.78, 5) is 22.5. The molecule has 2 amide bonds. The number of urea groups is 1. The summed E-state index contributed by atoms with van der Waals surface area (Å²) >= 11 is 9.22. The molecule has 0 saturated heterocycles. The molecule has 0 aliphatic heterocycles. The van der Waals surface area contributed by atoms with Gasteiger partial charge in [-0.05, 0) is 32.0 Å². The van der Waals surface area contributed by atoms with Crippen molar-refractivity contribution in [1.29, 1.82) is 0 Å². The van der Waals surface area contributed by atoms with Gasteiger partial charge >= 0.3 is 12.0 Å². The lowest BCUT2D eigenvalue weighted by Gasteiger charge is -2.18. The molecule has 19 heavy (non-hydrogen) atoms. The van der Waals surface area contributed by atoms with Gasteiger partial charge in [-0.3, -0.25) is 4.79 Å². The highest BCUT2D eigenvalue weighted by Crippen LogP contribution is 2.25. The molecule has 0 heterocycles. The second-order valence-electron chi connectivity index (χ2n) is 4.14. The number of rotatable bonds is 4. The standard InChI is InChI=1S/C12H14BrClN2O3/c1-6(11(17)18)7(2)15-12(19)16-10-4-3-8(13)5-9(10)14/h3-7H,1-2H3,(H,17,18)(H2,15,16,19). The van der Waals surface area contributed by atoms with E-state index in [4.69, 9.17) is 16.7 Å². The van der Waals surface area contributed by atoms with E-state index in [-0.39, 0.29) is 0 Å². The fourth-order valence-electron chi connectivity index (χ4n) is 1.29. The van der Waals surface area contributed by atoms with Crippen molar-refractivity contribution in [2.24, 2.45) is 5.92 Å². The number of hydrogen-bond acceptors (Lipinski definition) is 2. The predicted molar refractivity (Wildman–Crippen MR) is 77.6 cm³/mol. The van der Waals surface area contributed by atoms with Crippen LogP contribution in [-0.2, 0) is 4.79 Å². The van der Waals surface area contributed by atoms with E-state index in [9.17, 15) is 9.59 Å². The number of anilines is 1. The fourth-order valence-corrected chi connectivity index (χ4v) is 2.02. The number of hydrogen-bond donors (Lipinski definition) is 3. The maximum absolute atomic E-state index is 11.7. The summed E-state index contributed by atoms with van der Waals surface area (Å²) in [5, 5.41) is 14.3. The number of carboxylic acid groups (broad SMARTS) is 1. The van der Waals surface area contributed by atoms with E-state index in [1.165, 1.54) is 6.92 Å².